The van der Waals surface area contributed by atoms with Crippen LogP contribution in [0.25, 0.3) is 0 Å². The molecule has 0 spiro atoms. The van der Waals surface area contributed by atoms with Gasteiger partial charge in [-0.3, -0.25) is 4.90 Å². The Morgan fingerprint density at radius 2 is 1.83 bits per heavy atom. The van der Waals surface area contributed by atoms with Crippen molar-refractivity contribution in [3.05, 3.63) is 0 Å². The van der Waals surface area contributed by atoms with Crippen LogP contribution in [0.15, 0.2) is 0 Å². The van der Waals surface area contributed by atoms with Gasteiger partial charge >= 0.3 is 0 Å². The van der Waals surface area contributed by atoms with Crippen molar-refractivity contribution in [1.29, 1.82) is 0 Å². The van der Waals surface area contributed by atoms with Crippen LogP contribution in [-0.2, 0) is 0 Å². The summed E-state index contributed by atoms with van der Waals surface area (Å²) < 4.78 is 0. The predicted molar refractivity (Wildman–Crippen MR) is 55.5 cm³/mol. The maximum Gasteiger partial charge on any atom is 0.00815 e. The summed E-state index contributed by atoms with van der Waals surface area (Å²) in [5.41, 5.74) is 0. The minimum absolute atomic E-state index is 0.668. The van der Waals surface area contributed by atoms with Gasteiger partial charge in [0.2, 0.25) is 0 Å². The van der Waals surface area contributed by atoms with Crippen molar-refractivity contribution in [2.45, 2.75) is 46.2 Å². The van der Waals surface area contributed by atoms with Gasteiger partial charge in [-0.2, -0.15) is 0 Å². The third-order valence-corrected chi connectivity index (χ3v) is 2.41. The van der Waals surface area contributed by atoms with Gasteiger partial charge in [0.15, 0.2) is 0 Å². The molecule has 1 atom stereocenters. The van der Waals surface area contributed by atoms with Crippen molar-refractivity contribution in [3.63, 3.8) is 0 Å². The van der Waals surface area contributed by atoms with E-state index in [0.29, 0.717) is 12.1 Å². The summed E-state index contributed by atoms with van der Waals surface area (Å²) in [5.74, 6) is 0. The molecule has 12 heavy (non-hydrogen) atoms. The zero-order valence-corrected chi connectivity index (χ0v) is 9.22. The van der Waals surface area contributed by atoms with Crippen molar-refractivity contribution in [3.8, 4) is 0 Å². The van der Waals surface area contributed by atoms with Crippen molar-refractivity contribution in [1.82, 2.24) is 10.2 Å². The van der Waals surface area contributed by atoms with E-state index in [4.69, 9.17) is 0 Å². The Kier molecular flexibility index (Phi) is 6.39. The summed E-state index contributed by atoms with van der Waals surface area (Å²) in [6.45, 7) is 11.3. The van der Waals surface area contributed by atoms with Crippen LogP contribution < -0.4 is 5.32 Å². The fourth-order valence-electron chi connectivity index (χ4n) is 1.70. The molecule has 0 amide bonds. The molecule has 0 bridgehead atoms. The summed E-state index contributed by atoms with van der Waals surface area (Å²) in [6.07, 6.45) is 1.24. The quantitative estimate of drug-likeness (QED) is 0.656. The smallest absolute Gasteiger partial charge is 0.00815 e. The lowest BCUT2D eigenvalue weighted by molar-refractivity contribution is 0.166. The van der Waals surface area contributed by atoms with Gasteiger partial charge in [0.25, 0.3) is 0 Å². The van der Waals surface area contributed by atoms with Gasteiger partial charge < -0.3 is 5.32 Å². The van der Waals surface area contributed by atoms with Crippen LogP contribution in [0.4, 0.5) is 0 Å². The molecule has 0 aliphatic rings. The molecule has 0 aromatic heterocycles. The van der Waals surface area contributed by atoms with Gasteiger partial charge in [-0.15, -0.1) is 0 Å². The number of hydrogen-bond donors (Lipinski definition) is 1. The maximum absolute atomic E-state index is 3.19. The van der Waals surface area contributed by atoms with E-state index < -0.39 is 0 Å². The molecule has 0 saturated heterocycles. The molecule has 1 N–H and O–H groups in total. The Morgan fingerprint density at radius 1 is 1.25 bits per heavy atom. The SMILES string of the molecule is CCN(C(C)C)[C@H](C)CCNC. The first-order valence-corrected chi connectivity index (χ1v) is 5.03. The highest BCUT2D eigenvalue weighted by Gasteiger charge is 2.13. The van der Waals surface area contributed by atoms with E-state index in [2.05, 4.69) is 37.9 Å². The van der Waals surface area contributed by atoms with Crippen molar-refractivity contribution >= 4 is 0 Å². The van der Waals surface area contributed by atoms with E-state index in [0.717, 1.165) is 13.1 Å². The highest BCUT2D eigenvalue weighted by Crippen LogP contribution is 2.07. The minimum Gasteiger partial charge on any atom is -0.320 e. The number of rotatable bonds is 6. The van der Waals surface area contributed by atoms with Crippen molar-refractivity contribution < 1.29 is 0 Å². The molecule has 0 radical (unpaired) electrons. The third-order valence-electron chi connectivity index (χ3n) is 2.41. The summed E-state index contributed by atoms with van der Waals surface area (Å²) in [7, 11) is 2.01. The first kappa shape index (κ1) is 11.9. The molecule has 74 valence electrons. The van der Waals surface area contributed by atoms with Crippen molar-refractivity contribution in [2.75, 3.05) is 20.1 Å². The molecule has 0 heterocycles. The standard InChI is InChI=1S/C10H24N2/c1-6-12(9(2)3)10(4)7-8-11-5/h9-11H,6-8H2,1-5H3/t10-/m1/s1. The van der Waals surface area contributed by atoms with Gasteiger partial charge in [-0.25, -0.2) is 0 Å². The van der Waals surface area contributed by atoms with E-state index in [1.807, 2.05) is 7.05 Å². The highest BCUT2D eigenvalue weighted by atomic mass is 15.2. The average molecular weight is 172 g/mol. The summed E-state index contributed by atoms with van der Waals surface area (Å²) in [4.78, 5) is 2.53. The zero-order valence-electron chi connectivity index (χ0n) is 9.22. The third kappa shape index (κ3) is 4.07. The maximum atomic E-state index is 3.19. The fraction of sp³-hybridized carbons (Fsp3) is 1.00. The fourth-order valence-corrected chi connectivity index (χ4v) is 1.70. The van der Waals surface area contributed by atoms with Crippen LogP contribution in [0.1, 0.15) is 34.1 Å². The van der Waals surface area contributed by atoms with Gasteiger partial charge in [-0.1, -0.05) is 6.92 Å². The molecular weight excluding hydrogens is 148 g/mol. The second-order valence-corrected chi connectivity index (χ2v) is 3.67. The van der Waals surface area contributed by atoms with E-state index >= 15 is 0 Å². The lowest BCUT2D eigenvalue weighted by atomic mass is 10.1. The Morgan fingerprint density at radius 3 is 2.17 bits per heavy atom. The molecule has 0 aromatic rings. The zero-order chi connectivity index (χ0) is 9.56. The Balaban J connectivity index is 3.77. The van der Waals surface area contributed by atoms with Gasteiger partial charge in [0.1, 0.15) is 0 Å². The second kappa shape index (κ2) is 6.44. The molecule has 0 aromatic carbocycles. The molecule has 0 aliphatic carbocycles. The normalized spacial score (nSPS) is 14.2. The number of nitrogens with one attached hydrogen (secondary N) is 1. The lowest BCUT2D eigenvalue weighted by Gasteiger charge is -2.31. The van der Waals surface area contributed by atoms with Gasteiger partial charge in [0, 0.05) is 12.1 Å². The Labute approximate surface area is 77.3 Å². The van der Waals surface area contributed by atoms with Crippen LogP contribution in [0, 0.1) is 0 Å². The second-order valence-electron chi connectivity index (χ2n) is 3.67. The minimum atomic E-state index is 0.668. The molecule has 2 heteroatoms. The van der Waals surface area contributed by atoms with Crippen LogP contribution in [0.5, 0.6) is 0 Å². The van der Waals surface area contributed by atoms with E-state index in [-0.39, 0.29) is 0 Å². The van der Waals surface area contributed by atoms with Crippen LogP contribution in [0.3, 0.4) is 0 Å². The molecule has 0 aliphatic heterocycles. The number of hydrogen-bond acceptors (Lipinski definition) is 2. The first-order chi connectivity index (χ1) is 5.63. The monoisotopic (exact) mass is 172 g/mol. The van der Waals surface area contributed by atoms with Crippen LogP contribution in [0.2, 0.25) is 0 Å². The molecular formula is C10H24N2. The molecule has 0 fully saturated rings. The Bertz CT molecular complexity index is 102. The summed E-state index contributed by atoms with van der Waals surface area (Å²) >= 11 is 0. The molecule has 0 rings (SSSR count). The van der Waals surface area contributed by atoms with E-state index in [9.17, 15) is 0 Å². The molecule has 0 saturated carbocycles. The van der Waals surface area contributed by atoms with Crippen LogP contribution >= 0.6 is 0 Å². The van der Waals surface area contributed by atoms with Crippen LogP contribution in [-0.4, -0.2) is 37.1 Å². The van der Waals surface area contributed by atoms with E-state index in [1.165, 1.54) is 6.42 Å². The average Bonchev–Trinajstić information content (AvgIpc) is 2.01. The molecule has 0 unspecified atom stereocenters. The topological polar surface area (TPSA) is 15.3 Å². The first-order valence-electron chi connectivity index (χ1n) is 5.03. The highest BCUT2D eigenvalue weighted by molar-refractivity contribution is 4.69. The van der Waals surface area contributed by atoms with Crippen molar-refractivity contribution in [2.24, 2.45) is 0 Å². The predicted octanol–water partition coefficient (Wildman–Crippen LogP) is 1.71. The molecule has 2 nitrogen and oxygen atoms in total. The lowest BCUT2D eigenvalue weighted by Crippen LogP contribution is -2.39. The number of nitrogens with zero attached hydrogens (tertiary/aromatic N) is 1. The summed E-state index contributed by atoms with van der Waals surface area (Å²) in [5, 5.41) is 3.19. The largest absolute Gasteiger partial charge is 0.320 e. The van der Waals surface area contributed by atoms with E-state index in [1.54, 1.807) is 0 Å². The van der Waals surface area contributed by atoms with Gasteiger partial charge in [-0.05, 0) is 47.3 Å². The Hall–Kier alpha value is -0.0800. The van der Waals surface area contributed by atoms with Gasteiger partial charge in [0.05, 0.1) is 0 Å². The summed E-state index contributed by atoms with van der Waals surface area (Å²) in [6, 6.07) is 1.37.